The Labute approximate surface area is 123 Å². The average molecular weight is 291 g/mol. The topological polar surface area (TPSA) is 86.3 Å². The van der Waals surface area contributed by atoms with Crippen LogP contribution in [0.3, 0.4) is 0 Å². The molecule has 0 saturated heterocycles. The lowest BCUT2D eigenvalue weighted by molar-refractivity contribution is 0.0649. The van der Waals surface area contributed by atoms with Crippen LogP contribution in [0.1, 0.15) is 65.9 Å². The number of carboxylic acid groups (broad SMARTS) is 1. The molecule has 1 aromatic rings. The molecule has 1 heterocycles. The molecule has 2 saturated carbocycles. The van der Waals surface area contributed by atoms with Gasteiger partial charge < -0.3 is 15.0 Å². The van der Waals surface area contributed by atoms with E-state index in [9.17, 15) is 9.59 Å². The standard InChI is InChI=1S/C15H21N3O3/c19-14(12-13(15(20)21)17-9-16-12)18(11-6-7-11)8-10-4-2-1-3-5-10/h9-11H,1-8H2,(H,16,17)(H,20,21). The van der Waals surface area contributed by atoms with E-state index in [-0.39, 0.29) is 23.3 Å². The molecule has 2 fully saturated rings. The molecule has 6 heteroatoms. The Kier molecular flexibility index (Phi) is 3.94. The highest BCUT2D eigenvalue weighted by Crippen LogP contribution is 2.32. The Morgan fingerprint density at radius 3 is 2.57 bits per heavy atom. The van der Waals surface area contributed by atoms with Crippen molar-refractivity contribution in [1.82, 2.24) is 14.9 Å². The van der Waals surface area contributed by atoms with E-state index in [0.29, 0.717) is 5.92 Å². The number of rotatable bonds is 5. The molecule has 0 radical (unpaired) electrons. The first-order valence-electron chi connectivity index (χ1n) is 7.74. The number of aromatic amines is 1. The van der Waals surface area contributed by atoms with Crippen LogP contribution >= 0.6 is 0 Å². The number of H-pyrrole nitrogens is 1. The molecular weight excluding hydrogens is 270 g/mol. The van der Waals surface area contributed by atoms with Crippen molar-refractivity contribution in [3.8, 4) is 0 Å². The van der Waals surface area contributed by atoms with Crippen molar-refractivity contribution < 1.29 is 14.7 Å². The molecule has 2 aliphatic carbocycles. The van der Waals surface area contributed by atoms with Crippen LogP contribution in [0.25, 0.3) is 0 Å². The first-order chi connectivity index (χ1) is 10.2. The van der Waals surface area contributed by atoms with Crippen LogP contribution in [0.15, 0.2) is 6.33 Å². The second-order valence-corrected chi connectivity index (χ2v) is 6.12. The van der Waals surface area contributed by atoms with Gasteiger partial charge in [-0.1, -0.05) is 19.3 Å². The summed E-state index contributed by atoms with van der Waals surface area (Å²) in [4.78, 5) is 32.1. The maximum absolute atomic E-state index is 12.7. The van der Waals surface area contributed by atoms with Crippen molar-refractivity contribution in [3.63, 3.8) is 0 Å². The van der Waals surface area contributed by atoms with Gasteiger partial charge in [-0.3, -0.25) is 4.79 Å². The van der Waals surface area contributed by atoms with Gasteiger partial charge in [0.05, 0.1) is 6.33 Å². The Morgan fingerprint density at radius 2 is 1.95 bits per heavy atom. The first kappa shape index (κ1) is 14.1. The van der Waals surface area contributed by atoms with Crippen molar-refractivity contribution in [2.75, 3.05) is 6.54 Å². The SMILES string of the molecule is O=C(O)c1[nH]cnc1C(=O)N(CC1CCCCC1)C1CC1. The number of carbonyl (C=O) groups excluding carboxylic acids is 1. The van der Waals surface area contributed by atoms with Gasteiger partial charge in [0.2, 0.25) is 0 Å². The summed E-state index contributed by atoms with van der Waals surface area (Å²) >= 11 is 0. The minimum atomic E-state index is -1.13. The van der Waals surface area contributed by atoms with Crippen molar-refractivity contribution in [3.05, 3.63) is 17.7 Å². The molecule has 0 spiro atoms. The van der Waals surface area contributed by atoms with Gasteiger partial charge in [-0.15, -0.1) is 0 Å². The number of hydrogen-bond acceptors (Lipinski definition) is 3. The monoisotopic (exact) mass is 291 g/mol. The highest BCUT2D eigenvalue weighted by Gasteiger charge is 2.36. The lowest BCUT2D eigenvalue weighted by Gasteiger charge is -2.29. The third-order valence-electron chi connectivity index (χ3n) is 4.48. The second-order valence-electron chi connectivity index (χ2n) is 6.12. The van der Waals surface area contributed by atoms with E-state index in [2.05, 4.69) is 9.97 Å². The summed E-state index contributed by atoms with van der Waals surface area (Å²) in [5.41, 5.74) is -0.0560. The van der Waals surface area contributed by atoms with E-state index >= 15 is 0 Å². The second kappa shape index (κ2) is 5.87. The Balaban J connectivity index is 1.75. The minimum Gasteiger partial charge on any atom is -0.477 e. The van der Waals surface area contributed by atoms with E-state index in [4.69, 9.17) is 5.11 Å². The lowest BCUT2D eigenvalue weighted by Crippen LogP contribution is -2.38. The normalized spacial score (nSPS) is 19.4. The van der Waals surface area contributed by atoms with Crippen molar-refractivity contribution in [2.45, 2.75) is 51.0 Å². The molecule has 1 amide bonds. The smallest absolute Gasteiger partial charge is 0.354 e. The zero-order valence-corrected chi connectivity index (χ0v) is 12.0. The van der Waals surface area contributed by atoms with Gasteiger partial charge in [-0.2, -0.15) is 0 Å². The lowest BCUT2D eigenvalue weighted by atomic mass is 9.89. The third kappa shape index (κ3) is 3.09. The minimum absolute atomic E-state index is 0.0465. The van der Waals surface area contributed by atoms with Gasteiger partial charge in [-0.25, -0.2) is 9.78 Å². The number of hydrogen-bond donors (Lipinski definition) is 2. The number of imidazole rings is 1. The predicted molar refractivity (Wildman–Crippen MR) is 76.2 cm³/mol. The van der Waals surface area contributed by atoms with Gasteiger partial charge in [0, 0.05) is 12.6 Å². The van der Waals surface area contributed by atoms with E-state index in [1.165, 1.54) is 38.4 Å². The molecule has 0 atom stereocenters. The summed E-state index contributed by atoms with van der Waals surface area (Å²) in [5.74, 6) is -0.818. The molecule has 21 heavy (non-hydrogen) atoms. The fraction of sp³-hybridized carbons (Fsp3) is 0.667. The molecule has 0 unspecified atom stereocenters. The number of carbonyl (C=O) groups is 2. The quantitative estimate of drug-likeness (QED) is 0.871. The molecule has 114 valence electrons. The van der Waals surface area contributed by atoms with Gasteiger partial charge in [0.15, 0.2) is 11.4 Å². The number of amides is 1. The van der Waals surface area contributed by atoms with Gasteiger partial charge in [-0.05, 0) is 31.6 Å². The summed E-state index contributed by atoms with van der Waals surface area (Å²) < 4.78 is 0. The van der Waals surface area contributed by atoms with E-state index < -0.39 is 5.97 Å². The van der Waals surface area contributed by atoms with Crippen LogP contribution in [-0.2, 0) is 0 Å². The number of carboxylic acids is 1. The number of nitrogens with one attached hydrogen (secondary N) is 1. The summed E-state index contributed by atoms with van der Waals surface area (Å²) in [6.07, 6.45) is 9.42. The first-order valence-corrected chi connectivity index (χ1v) is 7.74. The summed E-state index contributed by atoms with van der Waals surface area (Å²) in [5, 5.41) is 9.12. The Bertz CT molecular complexity index is 530. The highest BCUT2D eigenvalue weighted by atomic mass is 16.4. The van der Waals surface area contributed by atoms with E-state index in [1.807, 2.05) is 4.90 Å². The molecule has 0 aliphatic heterocycles. The van der Waals surface area contributed by atoms with Crippen LogP contribution in [0.5, 0.6) is 0 Å². The third-order valence-corrected chi connectivity index (χ3v) is 4.48. The molecule has 3 rings (SSSR count). The van der Waals surface area contributed by atoms with Crippen molar-refractivity contribution >= 4 is 11.9 Å². The Morgan fingerprint density at radius 1 is 1.24 bits per heavy atom. The number of nitrogens with zero attached hydrogens (tertiary/aromatic N) is 2. The van der Waals surface area contributed by atoms with E-state index in [0.717, 1.165) is 19.4 Å². The number of aromatic nitrogens is 2. The van der Waals surface area contributed by atoms with Crippen LogP contribution < -0.4 is 0 Å². The predicted octanol–water partition coefficient (Wildman–Crippen LogP) is 2.29. The number of aromatic carboxylic acids is 1. The molecule has 0 aromatic carbocycles. The van der Waals surface area contributed by atoms with Crippen molar-refractivity contribution in [1.29, 1.82) is 0 Å². The average Bonchev–Trinajstić information content (AvgIpc) is 3.20. The van der Waals surface area contributed by atoms with Crippen LogP contribution in [0.2, 0.25) is 0 Å². The summed E-state index contributed by atoms with van der Waals surface area (Å²) in [6.45, 7) is 0.745. The summed E-state index contributed by atoms with van der Waals surface area (Å²) in [7, 11) is 0. The van der Waals surface area contributed by atoms with Gasteiger partial charge >= 0.3 is 5.97 Å². The fourth-order valence-corrected chi connectivity index (χ4v) is 3.19. The molecular formula is C15H21N3O3. The largest absolute Gasteiger partial charge is 0.477 e. The fourth-order valence-electron chi connectivity index (χ4n) is 3.19. The van der Waals surface area contributed by atoms with Gasteiger partial charge in [0.25, 0.3) is 5.91 Å². The summed E-state index contributed by atoms with van der Waals surface area (Å²) in [6, 6.07) is 0.276. The van der Waals surface area contributed by atoms with Crippen LogP contribution in [0, 0.1) is 5.92 Å². The molecule has 1 aromatic heterocycles. The molecule has 2 N–H and O–H groups in total. The van der Waals surface area contributed by atoms with Gasteiger partial charge in [0.1, 0.15) is 0 Å². The highest BCUT2D eigenvalue weighted by molar-refractivity contribution is 6.02. The van der Waals surface area contributed by atoms with E-state index in [1.54, 1.807) is 0 Å². The molecule has 0 bridgehead atoms. The zero-order chi connectivity index (χ0) is 14.8. The zero-order valence-electron chi connectivity index (χ0n) is 12.0. The Hall–Kier alpha value is -1.85. The van der Waals surface area contributed by atoms with Crippen molar-refractivity contribution in [2.24, 2.45) is 5.92 Å². The molecule has 6 nitrogen and oxygen atoms in total. The van der Waals surface area contributed by atoms with Crippen LogP contribution in [0.4, 0.5) is 0 Å². The maximum atomic E-state index is 12.7. The maximum Gasteiger partial charge on any atom is 0.354 e. The molecule has 2 aliphatic rings. The van der Waals surface area contributed by atoms with Crippen LogP contribution in [-0.4, -0.2) is 44.4 Å².